The number of rotatable bonds is 5. The first kappa shape index (κ1) is 28.0. The Labute approximate surface area is 280 Å². The van der Waals surface area contributed by atoms with Gasteiger partial charge >= 0.3 is 0 Å². The maximum Gasteiger partial charge on any atom is 0.0709 e. The Kier molecular flexibility index (Phi) is 6.87. The van der Waals surface area contributed by atoms with E-state index < -0.39 is 0 Å². The number of pyridine rings is 1. The van der Waals surface area contributed by atoms with Crippen LogP contribution in [0.2, 0.25) is 0 Å². The summed E-state index contributed by atoms with van der Waals surface area (Å²) < 4.78 is 0. The zero-order chi connectivity index (χ0) is 31.9. The van der Waals surface area contributed by atoms with E-state index in [1.165, 1.54) is 65.7 Å². The maximum atomic E-state index is 5.13. The van der Waals surface area contributed by atoms with Crippen LogP contribution in [0.25, 0.3) is 88.2 Å². The van der Waals surface area contributed by atoms with E-state index in [1.807, 2.05) is 6.07 Å². The molecule has 0 aliphatic rings. The zero-order valence-corrected chi connectivity index (χ0v) is 26.3. The highest BCUT2D eigenvalue weighted by Gasteiger charge is 2.19. The fraction of sp³-hybridized carbons (Fsp3) is 0. The Balaban J connectivity index is 1.33. The van der Waals surface area contributed by atoms with Gasteiger partial charge in [0.2, 0.25) is 0 Å². The molecular weight excluding hydrogens is 579 g/mol. The molecule has 8 aromatic carbocycles. The van der Waals surface area contributed by atoms with Crippen LogP contribution in [0.15, 0.2) is 188 Å². The fourth-order valence-corrected chi connectivity index (χ4v) is 7.13. The molecule has 0 N–H and O–H groups in total. The van der Waals surface area contributed by atoms with E-state index in [0.717, 1.165) is 22.5 Å². The molecule has 0 radical (unpaired) electrons. The normalized spacial score (nSPS) is 11.3. The summed E-state index contributed by atoms with van der Waals surface area (Å²) in [5.74, 6) is 0. The second-order valence-electron chi connectivity index (χ2n) is 12.3. The molecule has 0 aliphatic carbocycles. The predicted octanol–water partition coefficient (Wildman–Crippen LogP) is 12.9. The molecule has 1 heteroatoms. The first-order valence-electron chi connectivity index (χ1n) is 16.5. The monoisotopic (exact) mass is 609 g/mol. The fourth-order valence-electron chi connectivity index (χ4n) is 7.13. The Morgan fingerprint density at radius 1 is 0.250 bits per heavy atom. The van der Waals surface area contributed by atoms with E-state index in [1.54, 1.807) is 0 Å². The van der Waals surface area contributed by atoms with E-state index in [9.17, 15) is 0 Å². The van der Waals surface area contributed by atoms with E-state index in [0.29, 0.717) is 0 Å². The van der Waals surface area contributed by atoms with Gasteiger partial charge in [-0.3, -0.25) is 0 Å². The Morgan fingerprint density at radius 3 is 1.33 bits per heavy atom. The summed E-state index contributed by atoms with van der Waals surface area (Å²) in [6.07, 6.45) is 0. The van der Waals surface area contributed by atoms with Crippen molar-refractivity contribution in [3.05, 3.63) is 188 Å². The third-order valence-corrected chi connectivity index (χ3v) is 9.44. The van der Waals surface area contributed by atoms with Gasteiger partial charge in [-0.25, -0.2) is 4.98 Å². The summed E-state index contributed by atoms with van der Waals surface area (Å²) in [5.41, 5.74) is 11.5. The average molecular weight is 610 g/mol. The number of aromatic nitrogens is 1. The average Bonchev–Trinajstić information content (AvgIpc) is 3.17. The second-order valence-corrected chi connectivity index (χ2v) is 12.3. The zero-order valence-electron chi connectivity index (χ0n) is 26.3. The summed E-state index contributed by atoms with van der Waals surface area (Å²) in [6, 6.07) is 67.6. The number of fused-ring (bicyclic) bond motifs is 3. The van der Waals surface area contributed by atoms with Crippen molar-refractivity contribution in [1.29, 1.82) is 0 Å². The van der Waals surface area contributed by atoms with Gasteiger partial charge in [-0.05, 0) is 96.0 Å². The molecule has 0 unspecified atom stereocenters. The smallest absolute Gasteiger partial charge is 0.0709 e. The topological polar surface area (TPSA) is 12.9 Å². The molecule has 0 amide bonds. The quantitative estimate of drug-likeness (QED) is 0.177. The first-order chi connectivity index (χ1) is 23.8. The van der Waals surface area contributed by atoms with Crippen molar-refractivity contribution in [3.8, 4) is 55.9 Å². The molecular formula is C47H31N. The molecule has 0 saturated carbocycles. The lowest BCUT2D eigenvalue weighted by Crippen LogP contribution is -1.93. The third kappa shape index (κ3) is 4.94. The summed E-state index contributed by atoms with van der Waals surface area (Å²) in [5, 5.41) is 7.43. The Morgan fingerprint density at radius 2 is 0.708 bits per heavy atom. The highest BCUT2D eigenvalue weighted by molar-refractivity contribution is 6.22. The van der Waals surface area contributed by atoms with Gasteiger partial charge in [0.15, 0.2) is 0 Å². The summed E-state index contributed by atoms with van der Waals surface area (Å²) >= 11 is 0. The van der Waals surface area contributed by atoms with Crippen LogP contribution < -0.4 is 0 Å². The van der Waals surface area contributed by atoms with Crippen LogP contribution >= 0.6 is 0 Å². The van der Waals surface area contributed by atoms with Crippen molar-refractivity contribution < 1.29 is 0 Å². The van der Waals surface area contributed by atoms with E-state index in [4.69, 9.17) is 4.98 Å². The van der Waals surface area contributed by atoms with Gasteiger partial charge in [0, 0.05) is 11.1 Å². The number of benzene rings is 8. The summed E-state index contributed by atoms with van der Waals surface area (Å²) in [4.78, 5) is 5.13. The van der Waals surface area contributed by atoms with Crippen molar-refractivity contribution in [1.82, 2.24) is 4.98 Å². The minimum absolute atomic E-state index is 0.963. The van der Waals surface area contributed by atoms with Crippen LogP contribution in [0.4, 0.5) is 0 Å². The van der Waals surface area contributed by atoms with Crippen molar-refractivity contribution in [2.24, 2.45) is 0 Å². The van der Waals surface area contributed by atoms with Gasteiger partial charge in [-0.15, -0.1) is 0 Å². The van der Waals surface area contributed by atoms with Crippen LogP contribution in [0, 0.1) is 0 Å². The lowest BCUT2D eigenvalue weighted by atomic mass is 9.84. The minimum Gasteiger partial charge on any atom is -0.248 e. The summed E-state index contributed by atoms with van der Waals surface area (Å²) in [6.45, 7) is 0. The molecule has 0 bridgehead atoms. The lowest BCUT2D eigenvalue weighted by Gasteiger charge is -2.19. The van der Waals surface area contributed by atoms with Crippen LogP contribution in [0.1, 0.15) is 0 Å². The second kappa shape index (κ2) is 11.8. The molecule has 224 valence electrons. The van der Waals surface area contributed by atoms with Crippen molar-refractivity contribution in [2.75, 3.05) is 0 Å². The SMILES string of the molecule is c1ccc(-c2cccc(-c3ccc4c(-c5ccccc5)c5cc(-c6ccc7ccccc7c6)ccc5c(-c5ccccc5)c4c3)n2)cc1. The Bertz CT molecular complexity index is 2590. The molecule has 9 aromatic rings. The molecule has 1 nitrogen and oxygen atoms in total. The van der Waals surface area contributed by atoms with Crippen molar-refractivity contribution in [3.63, 3.8) is 0 Å². The van der Waals surface area contributed by atoms with Gasteiger partial charge in [-0.2, -0.15) is 0 Å². The molecule has 0 aliphatic heterocycles. The molecule has 0 atom stereocenters. The molecule has 0 fully saturated rings. The van der Waals surface area contributed by atoms with Crippen LogP contribution in [-0.2, 0) is 0 Å². The van der Waals surface area contributed by atoms with Gasteiger partial charge in [0.1, 0.15) is 0 Å². The standard InChI is InChI=1S/C47H31N/c1-4-14-33(15-5-1)44-21-12-22-45(48-44)39-26-28-41-43(31-39)47(35-18-8-3-9-19-35)40-27-25-38(30-42(40)46(41)34-16-6-2-7-17-34)37-24-23-32-13-10-11-20-36(32)29-37/h1-31H. The number of nitrogens with zero attached hydrogens (tertiary/aromatic N) is 1. The van der Waals surface area contributed by atoms with Crippen LogP contribution in [0.3, 0.4) is 0 Å². The largest absolute Gasteiger partial charge is 0.248 e. The van der Waals surface area contributed by atoms with E-state index in [-0.39, 0.29) is 0 Å². The van der Waals surface area contributed by atoms with Gasteiger partial charge < -0.3 is 0 Å². The van der Waals surface area contributed by atoms with E-state index >= 15 is 0 Å². The minimum atomic E-state index is 0.963. The highest BCUT2D eigenvalue weighted by Crippen LogP contribution is 2.46. The maximum absolute atomic E-state index is 5.13. The van der Waals surface area contributed by atoms with Crippen LogP contribution in [-0.4, -0.2) is 4.98 Å². The molecule has 0 spiro atoms. The molecule has 1 aromatic heterocycles. The highest BCUT2D eigenvalue weighted by atomic mass is 14.7. The molecule has 48 heavy (non-hydrogen) atoms. The number of hydrogen-bond donors (Lipinski definition) is 0. The van der Waals surface area contributed by atoms with E-state index in [2.05, 4.69) is 182 Å². The summed E-state index contributed by atoms with van der Waals surface area (Å²) in [7, 11) is 0. The van der Waals surface area contributed by atoms with Gasteiger partial charge in [0.05, 0.1) is 11.4 Å². The molecule has 9 rings (SSSR count). The molecule has 0 saturated heterocycles. The van der Waals surface area contributed by atoms with Gasteiger partial charge in [-0.1, -0.05) is 158 Å². The Hall–Kier alpha value is -6.31. The van der Waals surface area contributed by atoms with Gasteiger partial charge in [0.25, 0.3) is 0 Å². The van der Waals surface area contributed by atoms with Crippen LogP contribution in [0.5, 0.6) is 0 Å². The van der Waals surface area contributed by atoms with Crippen molar-refractivity contribution >= 4 is 32.3 Å². The predicted molar refractivity (Wildman–Crippen MR) is 204 cm³/mol. The number of hydrogen-bond acceptors (Lipinski definition) is 1. The molecule has 1 heterocycles. The third-order valence-electron chi connectivity index (χ3n) is 9.44. The van der Waals surface area contributed by atoms with Crippen molar-refractivity contribution in [2.45, 2.75) is 0 Å². The first-order valence-corrected chi connectivity index (χ1v) is 16.5. The lowest BCUT2D eigenvalue weighted by molar-refractivity contribution is 1.33.